The molecule has 1 aliphatic rings. The van der Waals surface area contributed by atoms with Gasteiger partial charge in [-0.2, -0.15) is 0 Å². The fraction of sp³-hybridized carbons (Fsp3) is 0.190. The van der Waals surface area contributed by atoms with Crippen molar-refractivity contribution in [3.63, 3.8) is 0 Å². The minimum absolute atomic E-state index is 0.123. The molecule has 0 fully saturated rings. The highest BCUT2D eigenvalue weighted by molar-refractivity contribution is 5.77. The van der Waals surface area contributed by atoms with Crippen molar-refractivity contribution >= 4 is 18.1 Å². The molecule has 2 aromatic rings. The Morgan fingerprint density at radius 1 is 1.13 bits per heavy atom. The molecular weight excluding hydrogens is 284 g/mol. The predicted octanol–water partition coefficient (Wildman–Crippen LogP) is 4.37. The van der Waals surface area contributed by atoms with Gasteiger partial charge in [0.2, 0.25) is 0 Å². The van der Waals surface area contributed by atoms with Crippen LogP contribution in [0.5, 0.6) is 0 Å². The molecule has 2 heteroatoms. The second-order valence-electron chi connectivity index (χ2n) is 5.74. The summed E-state index contributed by atoms with van der Waals surface area (Å²) in [7, 11) is 1.45. The average molecular weight is 304 g/mol. The van der Waals surface area contributed by atoms with Crippen LogP contribution in [0.3, 0.4) is 0 Å². The molecule has 23 heavy (non-hydrogen) atoms. The second-order valence-corrected chi connectivity index (χ2v) is 5.74. The van der Waals surface area contributed by atoms with Gasteiger partial charge in [-0.1, -0.05) is 78.9 Å². The lowest BCUT2D eigenvalue weighted by Gasteiger charge is -2.24. The molecule has 0 aromatic heterocycles. The molecule has 0 unspecified atom stereocenters. The monoisotopic (exact) mass is 304 g/mol. The number of ether oxygens (including phenoxy) is 1. The van der Waals surface area contributed by atoms with E-state index in [4.69, 9.17) is 4.74 Å². The quantitative estimate of drug-likeness (QED) is 0.784. The SMILES string of the molecule is COC(=O)[C@@H](/C=C/c1ccccc1)[C@H]1C=Cc2ccccc2C1. The van der Waals surface area contributed by atoms with E-state index in [0.717, 1.165) is 12.0 Å². The van der Waals surface area contributed by atoms with Crippen LogP contribution in [0.1, 0.15) is 16.7 Å². The predicted molar refractivity (Wildman–Crippen MR) is 93.7 cm³/mol. The molecule has 0 aliphatic heterocycles. The molecule has 0 heterocycles. The molecule has 2 nitrogen and oxygen atoms in total. The van der Waals surface area contributed by atoms with Crippen molar-refractivity contribution in [2.75, 3.05) is 7.11 Å². The molecule has 0 saturated heterocycles. The summed E-state index contributed by atoms with van der Waals surface area (Å²) in [6, 6.07) is 18.3. The van der Waals surface area contributed by atoms with Crippen LogP contribution in [-0.2, 0) is 16.0 Å². The van der Waals surface area contributed by atoms with Gasteiger partial charge in [-0.3, -0.25) is 4.79 Å². The Morgan fingerprint density at radius 3 is 2.65 bits per heavy atom. The minimum Gasteiger partial charge on any atom is -0.469 e. The number of allylic oxidation sites excluding steroid dienone is 1. The molecule has 2 atom stereocenters. The van der Waals surface area contributed by atoms with Crippen molar-refractivity contribution in [3.05, 3.63) is 83.4 Å². The summed E-state index contributed by atoms with van der Waals surface area (Å²) in [5, 5.41) is 0. The third kappa shape index (κ3) is 3.59. The molecule has 0 N–H and O–H groups in total. The van der Waals surface area contributed by atoms with E-state index >= 15 is 0 Å². The number of rotatable bonds is 4. The molecule has 2 aromatic carbocycles. The van der Waals surface area contributed by atoms with Crippen molar-refractivity contribution < 1.29 is 9.53 Å². The van der Waals surface area contributed by atoms with Crippen LogP contribution < -0.4 is 0 Å². The molecule has 0 bridgehead atoms. The Morgan fingerprint density at radius 2 is 1.87 bits per heavy atom. The maximum atomic E-state index is 12.2. The normalized spacial score (nSPS) is 17.7. The average Bonchev–Trinajstić information content (AvgIpc) is 2.62. The highest BCUT2D eigenvalue weighted by Crippen LogP contribution is 2.29. The summed E-state index contributed by atoms with van der Waals surface area (Å²) in [6.07, 6.45) is 9.04. The first-order valence-corrected chi connectivity index (χ1v) is 7.85. The molecule has 0 spiro atoms. The summed E-state index contributed by atoms with van der Waals surface area (Å²) in [5.74, 6) is -0.340. The fourth-order valence-electron chi connectivity index (χ4n) is 2.99. The zero-order valence-corrected chi connectivity index (χ0v) is 13.2. The topological polar surface area (TPSA) is 26.3 Å². The van der Waals surface area contributed by atoms with Gasteiger partial charge in [0.1, 0.15) is 0 Å². The van der Waals surface area contributed by atoms with Gasteiger partial charge in [0.15, 0.2) is 0 Å². The zero-order valence-electron chi connectivity index (χ0n) is 13.2. The lowest BCUT2D eigenvalue weighted by molar-refractivity contribution is -0.144. The molecule has 3 rings (SSSR count). The summed E-state index contributed by atoms with van der Waals surface area (Å²) in [4.78, 5) is 12.2. The van der Waals surface area contributed by atoms with Crippen LogP contribution in [0.25, 0.3) is 12.2 Å². The summed E-state index contributed by atoms with van der Waals surface area (Å²) >= 11 is 0. The van der Waals surface area contributed by atoms with E-state index in [0.29, 0.717) is 0 Å². The standard InChI is InChI=1S/C21H20O2/c1-23-21(22)20(14-11-16-7-3-2-4-8-16)19-13-12-17-9-5-6-10-18(17)15-19/h2-14,19-20H,15H2,1H3/b14-11+/t19-,20-/m0/s1. The third-order valence-corrected chi connectivity index (χ3v) is 4.26. The van der Waals surface area contributed by atoms with E-state index in [1.165, 1.54) is 18.2 Å². The Kier molecular flexibility index (Phi) is 4.72. The lowest BCUT2D eigenvalue weighted by atomic mass is 9.81. The number of benzene rings is 2. The Hall–Kier alpha value is -2.61. The fourth-order valence-corrected chi connectivity index (χ4v) is 2.99. The van der Waals surface area contributed by atoms with Gasteiger partial charge in [0.05, 0.1) is 13.0 Å². The van der Waals surface area contributed by atoms with Crippen LogP contribution in [0, 0.1) is 11.8 Å². The Balaban J connectivity index is 1.83. The largest absolute Gasteiger partial charge is 0.469 e. The van der Waals surface area contributed by atoms with E-state index in [-0.39, 0.29) is 17.8 Å². The van der Waals surface area contributed by atoms with Gasteiger partial charge >= 0.3 is 5.97 Å². The minimum atomic E-state index is -0.273. The van der Waals surface area contributed by atoms with E-state index in [1.54, 1.807) is 0 Å². The van der Waals surface area contributed by atoms with Gasteiger partial charge in [0, 0.05) is 0 Å². The first-order chi connectivity index (χ1) is 11.3. The van der Waals surface area contributed by atoms with Crippen molar-refractivity contribution in [2.24, 2.45) is 11.8 Å². The number of methoxy groups -OCH3 is 1. The number of hydrogen-bond donors (Lipinski definition) is 0. The number of fused-ring (bicyclic) bond motifs is 1. The van der Waals surface area contributed by atoms with Crippen LogP contribution in [0.15, 0.2) is 66.7 Å². The van der Waals surface area contributed by atoms with Gasteiger partial charge in [0.25, 0.3) is 0 Å². The van der Waals surface area contributed by atoms with Crippen molar-refractivity contribution in [1.29, 1.82) is 0 Å². The van der Waals surface area contributed by atoms with Gasteiger partial charge in [-0.05, 0) is 29.0 Å². The summed E-state index contributed by atoms with van der Waals surface area (Å²) < 4.78 is 5.02. The highest BCUT2D eigenvalue weighted by atomic mass is 16.5. The number of hydrogen-bond acceptors (Lipinski definition) is 2. The number of esters is 1. The molecule has 0 radical (unpaired) electrons. The maximum Gasteiger partial charge on any atom is 0.313 e. The van der Waals surface area contributed by atoms with Crippen LogP contribution in [0.2, 0.25) is 0 Å². The Bertz CT molecular complexity index is 729. The maximum absolute atomic E-state index is 12.2. The summed E-state index contributed by atoms with van der Waals surface area (Å²) in [5.41, 5.74) is 3.60. The van der Waals surface area contributed by atoms with Crippen molar-refractivity contribution in [3.8, 4) is 0 Å². The smallest absolute Gasteiger partial charge is 0.313 e. The van der Waals surface area contributed by atoms with Gasteiger partial charge in [-0.15, -0.1) is 0 Å². The van der Waals surface area contributed by atoms with Crippen molar-refractivity contribution in [2.45, 2.75) is 6.42 Å². The van der Waals surface area contributed by atoms with Gasteiger partial charge in [-0.25, -0.2) is 0 Å². The molecule has 0 amide bonds. The van der Waals surface area contributed by atoms with E-state index in [9.17, 15) is 4.79 Å². The zero-order chi connectivity index (χ0) is 16.1. The molecule has 1 aliphatic carbocycles. The molecule has 0 saturated carbocycles. The molecular formula is C21H20O2. The molecule has 116 valence electrons. The highest BCUT2D eigenvalue weighted by Gasteiger charge is 2.27. The van der Waals surface area contributed by atoms with E-state index in [1.807, 2.05) is 54.6 Å². The second kappa shape index (κ2) is 7.10. The van der Waals surface area contributed by atoms with Crippen LogP contribution >= 0.6 is 0 Å². The first kappa shape index (κ1) is 15.3. The number of carbonyl (C=O) groups excluding carboxylic acids is 1. The summed E-state index contributed by atoms with van der Waals surface area (Å²) in [6.45, 7) is 0. The number of carbonyl (C=O) groups is 1. The van der Waals surface area contributed by atoms with E-state index in [2.05, 4.69) is 24.3 Å². The van der Waals surface area contributed by atoms with Crippen LogP contribution in [0.4, 0.5) is 0 Å². The first-order valence-electron chi connectivity index (χ1n) is 7.85. The Labute approximate surface area is 137 Å². The van der Waals surface area contributed by atoms with E-state index < -0.39 is 0 Å². The van der Waals surface area contributed by atoms with Gasteiger partial charge < -0.3 is 4.74 Å². The van der Waals surface area contributed by atoms with Crippen LogP contribution in [-0.4, -0.2) is 13.1 Å². The van der Waals surface area contributed by atoms with Crippen molar-refractivity contribution in [1.82, 2.24) is 0 Å². The lowest BCUT2D eigenvalue weighted by Crippen LogP contribution is -2.25. The third-order valence-electron chi connectivity index (χ3n) is 4.26.